The molecule has 7 nitrogen and oxygen atoms in total. The van der Waals surface area contributed by atoms with E-state index in [2.05, 4.69) is 38.8 Å². The van der Waals surface area contributed by atoms with Crippen LogP contribution in [-0.4, -0.2) is 40.7 Å². The zero-order valence-electron chi connectivity index (χ0n) is 24.3. The van der Waals surface area contributed by atoms with Crippen molar-refractivity contribution in [2.24, 2.45) is 15.0 Å². The molecule has 0 amide bonds. The lowest BCUT2D eigenvalue weighted by atomic mass is 9.79. The number of pyridine rings is 1. The molecule has 8 heteroatoms. The predicted octanol–water partition coefficient (Wildman–Crippen LogP) is 6.27. The van der Waals surface area contributed by atoms with Crippen LogP contribution >= 0.6 is 0 Å². The van der Waals surface area contributed by atoms with E-state index < -0.39 is 7.12 Å². The number of amidine groups is 2. The van der Waals surface area contributed by atoms with E-state index in [1.54, 1.807) is 6.07 Å². The molecular weight excluding hydrogens is 521 g/mol. The molecule has 0 N–H and O–H groups in total. The van der Waals surface area contributed by atoms with Gasteiger partial charge in [-0.1, -0.05) is 54.6 Å². The number of hydrogen-bond acceptors (Lipinski definition) is 6. The van der Waals surface area contributed by atoms with E-state index in [-0.39, 0.29) is 11.2 Å². The molecule has 0 bridgehead atoms. The molecule has 0 spiro atoms. The molecule has 0 unspecified atom stereocenters. The lowest BCUT2D eigenvalue weighted by Crippen LogP contribution is -2.41. The highest BCUT2D eigenvalue weighted by Gasteiger charge is 2.51. The van der Waals surface area contributed by atoms with Crippen molar-refractivity contribution in [1.29, 1.82) is 5.26 Å². The molecule has 0 atom stereocenters. The maximum atomic E-state index is 9.29. The number of aliphatic imine (C=N–C) groups is 3. The summed E-state index contributed by atoms with van der Waals surface area (Å²) in [5.41, 5.74) is 6.87. The summed E-state index contributed by atoms with van der Waals surface area (Å²) in [4.78, 5) is 18.9. The second-order valence-electron chi connectivity index (χ2n) is 11.4. The number of rotatable bonds is 4. The van der Waals surface area contributed by atoms with Gasteiger partial charge in [0.25, 0.3) is 0 Å². The Labute approximate surface area is 246 Å². The van der Waals surface area contributed by atoms with Crippen LogP contribution in [0.5, 0.6) is 0 Å². The Morgan fingerprint density at radius 3 is 2.21 bits per heavy atom. The van der Waals surface area contributed by atoms with E-state index in [0.29, 0.717) is 17.2 Å². The Morgan fingerprint density at radius 2 is 1.57 bits per heavy atom. The lowest BCUT2D eigenvalue weighted by molar-refractivity contribution is 0.00578. The second kappa shape index (κ2) is 10.6. The molecule has 2 aliphatic rings. The van der Waals surface area contributed by atoms with Crippen molar-refractivity contribution in [3.8, 4) is 17.3 Å². The first-order valence-corrected chi connectivity index (χ1v) is 13.9. The summed E-state index contributed by atoms with van der Waals surface area (Å²) in [6, 6.07) is 29.5. The van der Waals surface area contributed by atoms with Gasteiger partial charge < -0.3 is 9.31 Å². The van der Waals surface area contributed by atoms with E-state index in [1.165, 1.54) is 0 Å². The normalized spacial score (nSPS) is 17.2. The molecule has 4 aromatic rings. The van der Waals surface area contributed by atoms with E-state index in [1.807, 2.05) is 92.0 Å². The summed E-state index contributed by atoms with van der Waals surface area (Å²) in [7, 11) is -0.397. The van der Waals surface area contributed by atoms with Crippen LogP contribution in [0.3, 0.4) is 0 Å². The van der Waals surface area contributed by atoms with Crippen molar-refractivity contribution in [2.45, 2.75) is 45.8 Å². The first kappa shape index (κ1) is 27.5. The minimum atomic E-state index is -0.397. The molecular formula is C34H30BN5O2. The zero-order valence-corrected chi connectivity index (χ0v) is 24.3. The molecule has 1 saturated heterocycles. The third-order valence-corrected chi connectivity index (χ3v) is 8.02. The van der Waals surface area contributed by atoms with Crippen LogP contribution in [0.25, 0.3) is 11.3 Å². The number of aromatic nitrogens is 1. The molecule has 42 heavy (non-hydrogen) atoms. The van der Waals surface area contributed by atoms with Gasteiger partial charge in [0.05, 0.1) is 34.2 Å². The Morgan fingerprint density at radius 1 is 0.857 bits per heavy atom. The molecule has 3 aromatic carbocycles. The summed E-state index contributed by atoms with van der Waals surface area (Å²) >= 11 is 0. The third kappa shape index (κ3) is 5.21. The zero-order chi connectivity index (χ0) is 29.5. The smallest absolute Gasteiger partial charge is 0.399 e. The minimum absolute atomic E-state index is 0.380. The van der Waals surface area contributed by atoms with Gasteiger partial charge in [0, 0.05) is 34.2 Å². The highest BCUT2D eigenvalue weighted by molar-refractivity contribution is 6.62. The minimum Gasteiger partial charge on any atom is -0.399 e. The van der Waals surface area contributed by atoms with Gasteiger partial charge in [-0.2, -0.15) is 5.26 Å². The van der Waals surface area contributed by atoms with Crippen LogP contribution in [0.2, 0.25) is 0 Å². The quantitative estimate of drug-likeness (QED) is 0.170. The first-order chi connectivity index (χ1) is 20.1. The molecule has 1 aromatic heterocycles. The number of fused-ring (bicyclic) bond motifs is 1. The van der Waals surface area contributed by atoms with Crippen molar-refractivity contribution >= 4 is 35.7 Å². The van der Waals surface area contributed by atoms with Gasteiger partial charge >= 0.3 is 7.12 Å². The van der Waals surface area contributed by atoms with Gasteiger partial charge in [0.2, 0.25) is 0 Å². The van der Waals surface area contributed by atoms with Gasteiger partial charge in [0.15, 0.2) is 11.7 Å². The molecule has 2 aliphatic heterocycles. The highest BCUT2D eigenvalue weighted by atomic mass is 16.7. The van der Waals surface area contributed by atoms with Crippen molar-refractivity contribution in [1.82, 2.24) is 4.98 Å². The average Bonchev–Trinajstić information content (AvgIpc) is 3.22. The third-order valence-electron chi connectivity index (χ3n) is 8.02. The van der Waals surface area contributed by atoms with Gasteiger partial charge in [-0.3, -0.25) is 4.98 Å². The molecule has 1 fully saturated rings. The fourth-order valence-electron chi connectivity index (χ4n) is 4.72. The van der Waals surface area contributed by atoms with Crippen LogP contribution in [0.1, 0.15) is 56.9 Å². The largest absolute Gasteiger partial charge is 0.494 e. The average molecular weight is 551 g/mol. The molecule has 206 valence electrons. The molecule has 0 saturated carbocycles. The maximum absolute atomic E-state index is 9.29. The van der Waals surface area contributed by atoms with Crippen LogP contribution in [0.4, 0.5) is 5.69 Å². The number of hydrogen-bond donors (Lipinski definition) is 0. The Balaban J connectivity index is 1.23. The topological polar surface area (TPSA) is 92.2 Å². The van der Waals surface area contributed by atoms with E-state index >= 15 is 0 Å². The monoisotopic (exact) mass is 551 g/mol. The van der Waals surface area contributed by atoms with E-state index in [0.717, 1.165) is 44.8 Å². The molecule has 3 heterocycles. The molecule has 6 rings (SSSR count). The summed E-state index contributed by atoms with van der Waals surface area (Å²) < 4.78 is 12.4. The van der Waals surface area contributed by atoms with Crippen molar-refractivity contribution in [3.63, 3.8) is 0 Å². The summed E-state index contributed by atoms with van der Waals surface area (Å²) in [5.74, 6) is 1.11. The second-order valence-corrected chi connectivity index (χ2v) is 11.4. The fourth-order valence-corrected chi connectivity index (χ4v) is 4.72. The first-order valence-electron chi connectivity index (χ1n) is 13.9. The van der Waals surface area contributed by atoms with Gasteiger partial charge in [-0.05, 0) is 70.4 Å². The Bertz CT molecular complexity index is 1770. The number of nitriles is 1. The Kier molecular flexibility index (Phi) is 6.93. The van der Waals surface area contributed by atoms with Crippen molar-refractivity contribution < 1.29 is 9.31 Å². The van der Waals surface area contributed by atoms with E-state index in [9.17, 15) is 5.26 Å². The van der Waals surface area contributed by atoms with E-state index in [4.69, 9.17) is 24.3 Å². The van der Waals surface area contributed by atoms with Crippen LogP contribution in [0, 0.1) is 11.3 Å². The lowest BCUT2D eigenvalue weighted by Gasteiger charge is -2.32. The summed E-state index contributed by atoms with van der Waals surface area (Å²) in [5, 5.41) is 9.29. The van der Waals surface area contributed by atoms with Gasteiger partial charge in [-0.25, -0.2) is 15.0 Å². The Hall–Kier alpha value is -4.71. The van der Waals surface area contributed by atoms with Gasteiger partial charge in [0.1, 0.15) is 0 Å². The van der Waals surface area contributed by atoms with Gasteiger partial charge in [-0.15, -0.1) is 0 Å². The van der Waals surface area contributed by atoms with Crippen molar-refractivity contribution in [2.75, 3.05) is 0 Å². The maximum Gasteiger partial charge on any atom is 0.494 e. The van der Waals surface area contributed by atoms with Crippen LogP contribution < -0.4 is 5.46 Å². The molecule has 0 radical (unpaired) electrons. The SMILES string of the molecule is C/C(=N\C(=N/C1=Nc2ccc(C#N)cc21)c1ccccc1)c1ccc(-c2ccc(B3OC(C)(C)C(C)(C)O3)cc2)nc1. The van der Waals surface area contributed by atoms with Crippen molar-refractivity contribution in [3.05, 3.63) is 113 Å². The highest BCUT2D eigenvalue weighted by Crippen LogP contribution is 2.36. The fraction of sp³-hybridized carbons (Fsp3) is 0.206. The number of benzene rings is 3. The standard InChI is InChI=1S/C34H30BN5O2/c1-22(38-31(25-9-7-6-8-10-25)40-32-28-19-23(20-36)11-17-30(28)39-32)26-14-18-29(37-21-26)24-12-15-27(16-13-24)35-41-33(2,3)34(4,5)42-35/h6-19,21H,1-5H3/b38-22+,40-31-. The van der Waals surface area contributed by atoms with Crippen LogP contribution in [-0.2, 0) is 9.31 Å². The molecule has 0 aliphatic carbocycles. The predicted molar refractivity (Wildman–Crippen MR) is 168 cm³/mol. The van der Waals surface area contributed by atoms with Crippen LogP contribution in [0.15, 0.2) is 106 Å². The number of nitrogens with zero attached hydrogens (tertiary/aromatic N) is 5. The summed E-state index contributed by atoms with van der Waals surface area (Å²) in [6.07, 6.45) is 1.83. The summed E-state index contributed by atoms with van der Waals surface area (Å²) in [6.45, 7) is 10.2.